The van der Waals surface area contributed by atoms with E-state index in [0.29, 0.717) is 18.7 Å². The number of hydrogen-bond donors (Lipinski definition) is 1. The van der Waals surface area contributed by atoms with Gasteiger partial charge in [0.25, 0.3) is 5.91 Å². The number of carbonyl (C=O) groups is 2. The van der Waals surface area contributed by atoms with Gasteiger partial charge in [-0.25, -0.2) is 0 Å². The van der Waals surface area contributed by atoms with Crippen LogP contribution in [0.1, 0.15) is 41.1 Å². The predicted octanol–water partition coefficient (Wildman–Crippen LogP) is 3.26. The zero-order valence-corrected chi connectivity index (χ0v) is 16.2. The van der Waals surface area contributed by atoms with E-state index in [0.717, 1.165) is 31.4 Å². The van der Waals surface area contributed by atoms with Crippen LogP contribution in [0.5, 0.6) is 5.75 Å². The molecular formula is C23H26N2O3. The Balaban J connectivity index is 1.48. The van der Waals surface area contributed by atoms with E-state index in [1.807, 2.05) is 47.2 Å². The van der Waals surface area contributed by atoms with Crippen LogP contribution >= 0.6 is 0 Å². The lowest BCUT2D eigenvalue weighted by molar-refractivity contribution is -0.139. The Morgan fingerprint density at radius 3 is 2.46 bits per heavy atom. The van der Waals surface area contributed by atoms with Crippen LogP contribution in [0.25, 0.3) is 0 Å². The van der Waals surface area contributed by atoms with Gasteiger partial charge in [0.05, 0.1) is 5.92 Å². The molecule has 1 unspecified atom stereocenters. The molecule has 1 N–H and O–H groups in total. The maximum absolute atomic E-state index is 12.8. The van der Waals surface area contributed by atoms with E-state index in [-0.39, 0.29) is 28.9 Å². The van der Waals surface area contributed by atoms with E-state index in [1.54, 1.807) is 18.2 Å². The summed E-state index contributed by atoms with van der Waals surface area (Å²) < 4.78 is 0. The molecule has 2 fully saturated rings. The summed E-state index contributed by atoms with van der Waals surface area (Å²) in [7, 11) is 1.89. The van der Waals surface area contributed by atoms with Crippen LogP contribution in [0.15, 0.2) is 54.6 Å². The lowest BCUT2D eigenvalue weighted by atomic mass is 9.67. The van der Waals surface area contributed by atoms with Crippen molar-refractivity contribution >= 4 is 11.8 Å². The van der Waals surface area contributed by atoms with Gasteiger partial charge < -0.3 is 14.9 Å². The van der Waals surface area contributed by atoms with E-state index in [2.05, 4.69) is 0 Å². The van der Waals surface area contributed by atoms with Crippen molar-refractivity contribution in [2.24, 2.45) is 5.41 Å². The standard InChI is InChI=1S/C23H26N2O3/c1-24-16-23(15-20(22(24)28)17-6-3-2-4-7-17)10-12-25(13-11-23)21(27)18-8-5-9-19(26)14-18/h2-9,14,20,26H,10-13,15-16H2,1H3. The molecule has 0 radical (unpaired) electrons. The van der Waals surface area contributed by atoms with Gasteiger partial charge in [-0.3, -0.25) is 9.59 Å². The lowest BCUT2D eigenvalue weighted by Gasteiger charge is -2.49. The van der Waals surface area contributed by atoms with Crippen molar-refractivity contribution in [3.63, 3.8) is 0 Å². The quantitative estimate of drug-likeness (QED) is 0.873. The number of likely N-dealkylation sites (tertiary alicyclic amines) is 2. The molecule has 5 heteroatoms. The summed E-state index contributed by atoms with van der Waals surface area (Å²) >= 11 is 0. The highest BCUT2D eigenvalue weighted by molar-refractivity contribution is 5.94. The van der Waals surface area contributed by atoms with Gasteiger partial charge in [-0.2, -0.15) is 0 Å². The van der Waals surface area contributed by atoms with Gasteiger partial charge in [-0.15, -0.1) is 0 Å². The van der Waals surface area contributed by atoms with Crippen molar-refractivity contribution in [1.82, 2.24) is 9.80 Å². The number of piperidine rings is 2. The topological polar surface area (TPSA) is 60.9 Å². The Morgan fingerprint density at radius 1 is 1.07 bits per heavy atom. The van der Waals surface area contributed by atoms with Crippen LogP contribution in [0.4, 0.5) is 0 Å². The summed E-state index contributed by atoms with van der Waals surface area (Å²) in [6.45, 7) is 2.11. The Kier molecular flexibility index (Phi) is 4.84. The monoisotopic (exact) mass is 378 g/mol. The molecule has 2 aliphatic heterocycles. The lowest BCUT2D eigenvalue weighted by Crippen LogP contribution is -2.53. The molecule has 5 nitrogen and oxygen atoms in total. The van der Waals surface area contributed by atoms with Crippen molar-refractivity contribution in [2.45, 2.75) is 25.2 Å². The number of nitrogens with zero attached hydrogens (tertiary/aromatic N) is 2. The molecule has 2 aliphatic rings. The SMILES string of the molecule is CN1CC2(CCN(C(=O)c3cccc(O)c3)CC2)CC(c2ccccc2)C1=O. The second-order valence-electron chi connectivity index (χ2n) is 8.20. The average Bonchev–Trinajstić information content (AvgIpc) is 2.71. The highest BCUT2D eigenvalue weighted by Gasteiger charge is 2.45. The highest BCUT2D eigenvalue weighted by Crippen LogP contribution is 2.45. The minimum Gasteiger partial charge on any atom is -0.508 e. The molecule has 2 heterocycles. The van der Waals surface area contributed by atoms with Gasteiger partial charge in [0.2, 0.25) is 5.91 Å². The number of carbonyl (C=O) groups excluding carboxylic acids is 2. The van der Waals surface area contributed by atoms with E-state index in [9.17, 15) is 14.7 Å². The van der Waals surface area contributed by atoms with E-state index >= 15 is 0 Å². The summed E-state index contributed by atoms with van der Waals surface area (Å²) in [5.41, 5.74) is 1.66. The molecule has 28 heavy (non-hydrogen) atoms. The summed E-state index contributed by atoms with van der Waals surface area (Å²) in [6.07, 6.45) is 2.62. The summed E-state index contributed by atoms with van der Waals surface area (Å²) in [6, 6.07) is 16.5. The van der Waals surface area contributed by atoms with Gasteiger partial charge in [-0.05, 0) is 48.4 Å². The third-order valence-electron chi connectivity index (χ3n) is 6.29. The molecule has 0 saturated carbocycles. The Bertz CT molecular complexity index is 872. The van der Waals surface area contributed by atoms with Crippen LogP contribution in [-0.2, 0) is 4.79 Å². The van der Waals surface area contributed by atoms with Crippen LogP contribution in [-0.4, -0.2) is 53.4 Å². The molecule has 1 spiro atoms. The molecule has 0 bridgehead atoms. The third kappa shape index (κ3) is 3.49. The molecule has 1 atom stereocenters. The van der Waals surface area contributed by atoms with Crippen LogP contribution in [0.2, 0.25) is 0 Å². The molecule has 0 aromatic heterocycles. The van der Waals surface area contributed by atoms with E-state index in [4.69, 9.17) is 0 Å². The maximum atomic E-state index is 12.8. The normalized spacial score (nSPS) is 21.8. The van der Waals surface area contributed by atoms with Crippen molar-refractivity contribution < 1.29 is 14.7 Å². The van der Waals surface area contributed by atoms with E-state index in [1.165, 1.54) is 6.07 Å². The summed E-state index contributed by atoms with van der Waals surface area (Å²) in [4.78, 5) is 29.3. The minimum atomic E-state index is -0.103. The van der Waals surface area contributed by atoms with Crippen molar-refractivity contribution in [3.05, 3.63) is 65.7 Å². The largest absolute Gasteiger partial charge is 0.508 e. The van der Waals surface area contributed by atoms with E-state index < -0.39 is 0 Å². The molecule has 146 valence electrons. The highest BCUT2D eigenvalue weighted by atomic mass is 16.3. The van der Waals surface area contributed by atoms with Crippen LogP contribution in [0.3, 0.4) is 0 Å². The number of phenolic OH excluding ortho intramolecular Hbond substituents is 1. The Labute approximate surface area is 165 Å². The van der Waals surface area contributed by atoms with Gasteiger partial charge in [0.1, 0.15) is 5.75 Å². The zero-order valence-electron chi connectivity index (χ0n) is 16.2. The van der Waals surface area contributed by atoms with Crippen molar-refractivity contribution in [1.29, 1.82) is 0 Å². The first-order valence-electron chi connectivity index (χ1n) is 9.86. The number of aromatic hydroxyl groups is 1. The number of likely N-dealkylation sites (N-methyl/N-ethyl adjacent to an activating group) is 1. The first kappa shape index (κ1) is 18.5. The summed E-state index contributed by atoms with van der Waals surface area (Å²) in [5, 5.41) is 9.64. The second-order valence-corrected chi connectivity index (χ2v) is 8.20. The number of amides is 2. The fourth-order valence-electron chi connectivity index (χ4n) is 4.75. The fraction of sp³-hybridized carbons (Fsp3) is 0.391. The molecule has 4 rings (SSSR count). The number of benzene rings is 2. The first-order valence-corrected chi connectivity index (χ1v) is 9.86. The van der Waals surface area contributed by atoms with Crippen molar-refractivity contribution in [3.8, 4) is 5.75 Å². The number of rotatable bonds is 2. The number of hydrogen-bond acceptors (Lipinski definition) is 3. The Morgan fingerprint density at radius 2 is 1.79 bits per heavy atom. The van der Waals surface area contributed by atoms with Gasteiger partial charge in [-0.1, -0.05) is 36.4 Å². The molecular weight excluding hydrogens is 352 g/mol. The van der Waals surface area contributed by atoms with Crippen molar-refractivity contribution in [2.75, 3.05) is 26.7 Å². The zero-order chi connectivity index (χ0) is 19.7. The van der Waals surface area contributed by atoms with Gasteiger partial charge in [0, 0.05) is 32.2 Å². The fourth-order valence-corrected chi connectivity index (χ4v) is 4.75. The molecule has 2 saturated heterocycles. The smallest absolute Gasteiger partial charge is 0.253 e. The molecule has 2 aromatic rings. The van der Waals surface area contributed by atoms with Crippen LogP contribution < -0.4 is 0 Å². The molecule has 2 aromatic carbocycles. The average molecular weight is 378 g/mol. The van der Waals surface area contributed by atoms with Gasteiger partial charge in [0.15, 0.2) is 0 Å². The predicted molar refractivity (Wildman–Crippen MR) is 107 cm³/mol. The van der Waals surface area contributed by atoms with Crippen LogP contribution in [0, 0.1) is 5.41 Å². The Hall–Kier alpha value is -2.82. The minimum absolute atomic E-state index is 0.0365. The summed E-state index contributed by atoms with van der Waals surface area (Å²) in [5.74, 6) is 0.159. The third-order valence-corrected chi connectivity index (χ3v) is 6.29. The number of phenols is 1. The molecule has 2 amide bonds. The maximum Gasteiger partial charge on any atom is 0.253 e. The first-order chi connectivity index (χ1) is 13.5. The second kappa shape index (κ2) is 7.30. The van der Waals surface area contributed by atoms with Gasteiger partial charge >= 0.3 is 0 Å². The molecule has 0 aliphatic carbocycles.